The van der Waals surface area contributed by atoms with Gasteiger partial charge in [-0.15, -0.1) is 11.6 Å². The zero-order chi connectivity index (χ0) is 23.0. The maximum atomic E-state index is 15.1. The molecule has 0 radical (unpaired) electrons. The number of ether oxygens (including phenoxy) is 1. The van der Waals surface area contributed by atoms with E-state index in [0.29, 0.717) is 16.6 Å². The molecule has 0 fully saturated rings. The van der Waals surface area contributed by atoms with E-state index in [2.05, 4.69) is 20.5 Å². The Labute approximate surface area is 185 Å². The van der Waals surface area contributed by atoms with Crippen LogP contribution < -0.4 is 10.1 Å². The van der Waals surface area contributed by atoms with Crippen molar-refractivity contribution in [2.24, 2.45) is 7.05 Å². The number of rotatable bonds is 5. The Hall–Kier alpha value is -3.99. The van der Waals surface area contributed by atoms with Gasteiger partial charge >= 0.3 is 6.09 Å². The van der Waals surface area contributed by atoms with Crippen molar-refractivity contribution < 1.29 is 23.8 Å². The molecule has 3 heterocycles. The molecule has 0 spiro atoms. The summed E-state index contributed by atoms with van der Waals surface area (Å²) in [6.45, 7) is 0. The van der Waals surface area contributed by atoms with E-state index < -0.39 is 17.8 Å². The fourth-order valence-corrected chi connectivity index (χ4v) is 3.38. The van der Waals surface area contributed by atoms with Gasteiger partial charge in [0.15, 0.2) is 0 Å². The molecule has 0 aliphatic heterocycles. The molecule has 10 nitrogen and oxygen atoms in total. The Bertz CT molecular complexity index is 1370. The molecule has 12 heteroatoms. The molecular formula is C20H16ClFN6O4. The van der Waals surface area contributed by atoms with Gasteiger partial charge in [0.25, 0.3) is 0 Å². The van der Waals surface area contributed by atoms with Gasteiger partial charge in [-0.25, -0.2) is 9.18 Å². The van der Waals surface area contributed by atoms with E-state index >= 15 is 4.39 Å². The lowest BCUT2D eigenvalue weighted by Gasteiger charge is -2.12. The number of pyridine rings is 1. The number of carbonyl (C=O) groups excluding carboxylic acids is 1. The third-order valence-corrected chi connectivity index (χ3v) is 4.90. The van der Waals surface area contributed by atoms with Crippen molar-refractivity contribution >= 4 is 40.2 Å². The first kappa shape index (κ1) is 21.2. The van der Waals surface area contributed by atoms with Crippen molar-refractivity contribution in [1.82, 2.24) is 24.5 Å². The van der Waals surface area contributed by atoms with Gasteiger partial charge in [-0.2, -0.15) is 14.9 Å². The number of hydrogen-bond acceptors (Lipinski definition) is 6. The van der Waals surface area contributed by atoms with Gasteiger partial charge in [0.05, 0.1) is 36.3 Å². The Kier molecular flexibility index (Phi) is 5.49. The molecule has 0 atom stereocenters. The quantitative estimate of drug-likeness (QED) is 0.439. The van der Waals surface area contributed by atoms with Crippen molar-refractivity contribution in [2.75, 3.05) is 18.3 Å². The van der Waals surface area contributed by atoms with Crippen molar-refractivity contribution in [3.63, 3.8) is 0 Å². The van der Waals surface area contributed by atoms with Crippen LogP contribution in [-0.2, 0) is 11.8 Å². The first-order chi connectivity index (χ1) is 15.3. The summed E-state index contributed by atoms with van der Waals surface area (Å²) < 4.78 is 22.7. The van der Waals surface area contributed by atoms with Crippen LogP contribution in [0.4, 0.5) is 14.9 Å². The second-order valence-corrected chi connectivity index (χ2v) is 7.02. The molecule has 164 valence electrons. The molecule has 32 heavy (non-hydrogen) atoms. The molecule has 4 aromatic rings. The van der Waals surface area contributed by atoms with Gasteiger partial charge < -0.3 is 15.2 Å². The lowest BCUT2D eigenvalue weighted by atomic mass is 10.1. The molecule has 0 aliphatic carbocycles. The van der Waals surface area contributed by atoms with E-state index in [1.165, 1.54) is 25.4 Å². The highest BCUT2D eigenvalue weighted by atomic mass is 35.5. The highest BCUT2D eigenvalue weighted by molar-refractivity contribution is 6.29. The molecule has 0 unspecified atom stereocenters. The first-order valence-electron chi connectivity index (χ1n) is 9.17. The molecule has 0 bridgehead atoms. The van der Waals surface area contributed by atoms with Crippen LogP contribution in [0.1, 0.15) is 0 Å². The van der Waals surface area contributed by atoms with Crippen LogP contribution in [0.3, 0.4) is 0 Å². The van der Waals surface area contributed by atoms with Crippen LogP contribution in [0.5, 0.6) is 5.75 Å². The standard InChI is InChI=1S/C20H16ClFN6O4/c1-27-9-10(7-24-27)19-12-5-14(23-8-15(12)28(26-19)20(30)31)18-13(22)3-11(4-16(18)32-2)25-17(29)6-21/h3-5,7-9H,6H2,1-2H3,(H,25,29)(H,30,31). The van der Waals surface area contributed by atoms with E-state index in [4.69, 9.17) is 16.3 Å². The normalized spacial score (nSPS) is 11.0. The summed E-state index contributed by atoms with van der Waals surface area (Å²) in [6.07, 6.45) is 3.24. The summed E-state index contributed by atoms with van der Waals surface area (Å²) in [5.74, 6) is -1.36. The van der Waals surface area contributed by atoms with Crippen LogP contribution in [0, 0.1) is 5.82 Å². The predicted molar refractivity (Wildman–Crippen MR) is 114 cm³/mol. The van der Waals surface area contributed by atoms with Gasteiger partial charge in [-0.1, -0.05) is 0 Å². The topological polar surface area (TPSA) is 124 Å². The van der Waals surface area contributed by atoms with Gasteiger partial charge in [0, 0.05) is 35.9 Å². The fraction of sp³-hybridized carbons (Fsp3) is 0.150. The summed E-state index contributed by atoms with van der Waals surface area (Å²) in [6, 6.07) is 4.09. The number of amides is 1. The number of aryl methyl sites for hydroxylation is 1. The minimum atomic E-state index is -1.29. The largest absolute Gasteiger partial charge is 0.496 e. The fourth-order valence-electron chi connectivity index (χ4n) is 3.31. The highest BCUT2D eigenvalue weighted by Crippen LogP contribution is 2.37. The number of halogens is 2. The maximum absolute atomic E-state index is 15.1. The second-order valence-electron chi connectivity index (χ2n) is 6.75. The second kappa shape index (κ2) is 8.27. The third kappa shape index (κ3) is 3.73. The number of benzene rings is 1. The molecule has 2 N–H and O–H groups in total. The molecule has 0 aliphatic rings. The summed E-state index contributed by atoms with van der Waals surface area (Å²) in [5, 5.41) is 20.7. The average Bonchev–Trinajstić information content (AvgIpc) is 3.36. The average molecular weight is 459 g/mol. The number of hydrogen-bond donors (Lipinski definition) is 2. The summed E-state index contributed by atoms with van der Waals surface area (Å²) in [5.41, 5.74) is 1.57. The minimum Gasteiger partial charge on any atom is -0.496 e. The SMILES string of the molecule is COc1cc(NC(=O)CCl)cc(F)c1-c1cc2c(-c3cnn(C)c3)nn(C(=O)O)c2cn1. The maximum Gasteiger partial charge on any atom is 0.432 e. The van der Waals surface area contributed by atoms with E-state index in [9.17, 15) is 14.7 Å². The van der Waals surface area contributed by atoms with E-state index in [0.717, 1.165) is 10.7 Å². The van der Waals surface area contributed by atoms with E-state index in [1.54, 1.807) is 24.1 Å². The summed E-state index contributed by atoms with van der Waals surface area (Å²) >= 11 is 5.49. The van der Waals surface area contributed by atoms with Crippen LogP contribution in [0.2, 0.25) is 0 Å². The Morgan fingerprint density at radius 2 is 2.06 bits per heavy atom. The van der Waals surface area contributed by atoms with Crippen LogP contribution in [0.25, 0.3) is 33.4 Å². The minimum absolute atomic E-state index is 0.0403. The van der Waals surface area contributed by atoms with Crippen LogP contribution in [0.15, 0.2) is 36.8 Å². The number of anilines is 1. The molecular weight excluding hydrogens is 443 g/mol. The summed E-state index contributed by atoms with van der Waals surface area (Å²) in [4.78, 5) is 27.4. The molecule has 4 rings (SSSR count). The number of nitrogens with zero attached hydrogens (tertiary/aromatic N) is 5. The van der Waals surface area contributed by atoms with Crippen molar-refractivity contribution in [2.45, 2.75) is 0 Å². The first-order valence-corrected chi connectivity index (χ1v) is 9.70. The van der Waals surface area contributed by atoms with E-state index in [-0.39, 0.29) is 34.1 Å². The van der Waals surface area contributed by atoms with Crippen LogP contribution in [-0.4, -0.2) is 54.6 Å². The lowest BCUT2D eigenvalue weighted by Crippen LogP contribution is -2.13. The van der Waals surface area contributed by atoms with Crippen molar-refractivity contribution in [3.05, 3.63) is 42.6 Å². The molecule has 3 aromatic heterocycles. The molecule has 1 amide bonds. The predicted octanol–water partition coefficient (Wildman–Crippen LogP) is 3.35. The number of carbonyl (C=O) groups is 2. The summed E-state index contributed by atoms with van der Waals surface area (Å²) in [7, 11) is 3.07. The smallest absolute Gasteiger partial charge is 0.432 e. The number of nitrogens with one attached hydrogen (secondary N) is 1. The van der Waals surface area contributed by atoms with E-state index in [1.807, 2.05) is 0 Å². The Morgan fingerprint density at radius 3 is 2.69 bits per heavy atom. The van der Waals surface area contributed by atoms with Gasteiger partial charge in [0.1, 0.15) is 23.1 Å². The van der Waals surface area contributed by atoms with Crippen molar-refractivity contribution in [3.8, 4) is 28.3 Å². The number of aromatic nitrogens is 5. The monoisotopic (exact) mass is 458 g/mol. The Balaban J connectivity index is 1.90. The molecule has 0 saturated heterocycles. The van der Waals surface area contributed by atoms with Crippen LogP contribution >= 0.6 is 11.6 Å². The molecule has 1 aromatic carbocycles. The van der Waals surface area contributed by atoms with Crippen molar-refractivity contribution in [1.29, 1.82) is 0 Å². The highest BCUT2D eigenvalue weighted by Gasteiger charge is 2.22. The number of carboxylic acid groups (broad SMARTS) is 1. The third-order valence-electron chi connectivity index (χ3n) is 4.66. The van der Waals surface area contributed by atoms with Gasteiger partial charge in [-0.3, -0.25) is 14.5 Å². The zero-order valence-corrected chi connectivity index (χ0v) is 17.6. The Morgan fingerprint density at radius 1 is 1.28 bits per heavy atom. The van der Waals surface area contributed by atoms with Gasteiger partial charge in [0.2, 0.25) is 5.91 Å². The number of alkyl halides is 1. The number of methoxy groups -OCH3 is 1. The molecule has 0 saturated carbocycles. The lowest BCUT2D eigenvalue weighted by molar-refractivity contribution is -0.113. The number of fused-ring (bicyclic) bond motifs is 1. The zero-order valence-electron chi connectivity index (χ0n) is 16.8. The van der Waals surface area contributed by atoms with Gasteiger partial charge in [-0.05, 0) is 12.1 Å².